The van der Waals surface area contributed by atoms with Crippen LogP contribution in [-0.4, -0.2) is 81.3 Å². The van der Waals surface area contributed by atoms with Crippen molar-refractivity contribution >= 4 is 32.3 Å². The van der Waals surface area contributed by atoms with Crippen molar-refractivity contribution < 1.29 is 38.2 Å². The minimum Gasteiger partial charge on any atom is -0.481 e. The van der Waals surface area contributed by atoms with Crippen molar-refractivity contribution in [3.63, 3.8) is 0 Å². The fourth-order valence-electron chi connectivity index (χ4n) is 6.87. The van der Waals surface area contributed by atoms with E-state index < -0.39 is 44.2 Å². The monoisotopic (exact) mass is 534 g/mol. The summed E-state index contributed by atoms with van der Waals surface area (Å²) >= 11 is 0. The molecule has 10 nitrogen and oxygen atoms in total. The van der Waals surface area contributed by atoms with Crippen LogP contribution in [0.4, 0.5) is 0 Å². The van der Waals surface area contributed by atoms with E-state index in [2.05, 4.69) is 5.32 Å². The molecular formula is C26H38N2O8Si. The number of rotatable bonds is 13. The van der Waals surface area contributed by atoms with Crippen molar-refractivity contribution in [2.24, 2.45) is 47.3 Å². The molecule has 2 fully saturated rings. The molecule has 4 aliphatic carbocycles. The van der Waals surface area contributed by atoms with Crippen LogP contribution in [0, 0.1) is 47.3 Å². The van der Waals surface area contributed by atoms with Gasteiger partial charge in [-0.05, 0) is 55.5 Å². The first-order valence-electron chi connectivity index (χ1n) is 13.1. The van der Waals surface area contributed by atoms with Crippen molar-refractivity contribution in [3.05, 3.63) is 24.3 Å². The van der Waals surface area contributed by atoms with Gasteiger partial charge in [-0.3, -0.25) is 19.2 Å². The highest BCUT2D eigenvalue weighted by molar-refractivity contribution is 6.65. The summed E-state index contributed by atoms with van der Waals surface area (Å²) in [4.78, 5) is 52.2. The van der Waals surface area contributed by atoms with Crippen LogP contribution < -0.4 is 5.32 Å². The van der Waals surface area contributed by atoms with E-state index in [9.17, 15) is 29.4 Å². The number of carbonyl (C=O) groups is 4. The van der Waals surface area contributed by atoms with Gasteiger partial charge >= 0.3 is 20.5 Å². The number of allylic oxidation sites excluding steroid dienone is 4. The molecule has 11 heteroatoms. The summed E-state index contributed by atoms with van der Waals surface area (Å²) in [5.74, 6) is -5.54. The molecule has 4 aliphatic rings. The second kappa shape index (κ2) is 11.1. The number of amides is 2. The van der Waals surface area contributed by atoms with Gasteiger partial charge in [-0.2, -0.15) is 0 Å². The molecule has 2 saturated carbocycles. The molecule has 204 valence electrons. The normalized spacial score (nSPS) is 33.2. The van der Waals surface area contributed by atoms with E-state index in [1.807, 2.05) is 30.9 Å². The molecule has 0 aromatic carbocycles. The second-order valence-corrected chi connectivity index (χ2v) is 14.5. The van der Waals surface area contributed by atoms with E-state index in [4.69, 9.17) is 8.85 Å². The molecule has 4 rings (SSSR count). The van der Waals surface area contributed by atoms with Gasteiger partial charge in [-0.25, -0.2) is 0 Å². The summed E-state index contributed by atoms with van der Waals surface area (Å²) in [5.41, 5.74) is 0. The van der Waals surface area contributed by atoms with E-state index >= 15 is 0 Å². The molecule has 0 saturated heterocycles. The average Bonchev–Trinajstić information content (AvgIpc) is 3.67. The Kier molecular flexibility index (Phi) is 8.25. The molecule has 0 aromatic rings. The van der Waals surface area contributed by atoms with Crippen LogP contribution in [0.25, 0.3) is 0 Å². The highest BCUT2D eigenvalue weighted by atomic mass is 28.4. The molecule has 8 unspecified atom stereocenters. The molecule has 0 aliphatic heterocycles. The average molecular weight is 535 g/mol. The van der Waals surface area contributed by atoms with Crippen LogP contribution in [0.2, 0.25) is 12.6 Å². The first kappa shape index (κ1) is 27.5. The number of fused-ring (bicyclic) bond motifs is 4. The lowest BCUT2D eigenvalue weighted by atomic mass is 9.82. The third kappa shape index (κ3) is 5.39. The van der Waals surface area contributed by atoms with Gasteiger partial charge in [0.15, 0.2) is 0 Å². The fourth-order valence-corrected chi connectivity index (χ4v) is 8.24. The Balaban J connectivity index is 1.41. The summed E-state index contributed by atoms with van der Waals surface area (Å²) in [6.45, 7) is 2.74. The minimum atomic E-state index is -2.34. The number of carbonyl (C=O) groups excluding carboxylic acids is 2. The summed E-state index contributed by atoms with van der Waals surface area (Å²) < 4.78 is 11.1. The maximum absolute atomic E-state index is 13.7. The zero-order valence-corrected chi connectivity index (χ0v) is 22.7. The van der Waals surface area contributed by atoms with Crippen LogP contribution in [0.1, 0.15) is 19.3 Å². The zero-order chi connectivity index (χ0) is 26.9. The van der Waals surface area contributed by atoms with Crippen LogP contribution >= 0.6 is 0 Å². The standard InChI is InChI=1S/C26H38N2O8Si/c1-35-37(3,36-2)12-4-10-28(24(30)20-16-6-8-18(14-16)22(20)26(33)34)11-9-27-23(29)19-15-5-7-17(13-15)21(19)25(31)32/h5-8,15-22H,4,9-14H2,1-3H3,(H,27,29)(H,31,32)(H,33,34). The van der Waals surface area contributed by atoms with Crippen molar-refractivity contribution in [1.29, 1.82) is 0 Å². The van der Waals surface area contributed by atoms with E-state index in [-0.39, 0.29) is 48.6 Å². The van der Waals surface area contributed by atoms with Crippen molar-refractivity contribution in [2.75, 3.05) is 33.9 Å². The molecule has 0 heterocycles. The molecule has 3 N–H and O–H groups in total. The van der Waals surface area contributed by atoms with Gasteiger partial charge in [-0.15, -0.1) is 0 Å². The second-order valence-electron chi connectivity index (χ2n) is 10.9. The summed E-state index contributed by atoms with van der Waals surface area (Å²) in [6, 6.07) is 0.660. The summed E-state index contributed by atoms with van der Waals surface area (Å²) in [6.07, 6.45) is 9.67. The van der Waals surface area contributed by atoms with Crippen molar-refractivity contribution in [1.82, 2.24) is 10.2 Å². The van der Waals surface area contributed by atoms with Gasteiger partial charge in [0.1, 0.15) is 0 Å². The van der Waals surface area contributed by atoms with Gasteiger partial charge < -0.3 is 29.3 Å². The van der Waals surface area contributed by atoms with Gasteiger partial charge in [0, 0.05) is 33.9 Å². The maximum atomic E-state index is 13.7. The Morgan fingerprint density at radius 2 is 1.32 bits per heavy atom. The summed E-state index contributed by atoms with van der Waals surface area (Å²) in [5, 5.41) is 22.3. The van der Waals surface area contributed by atoms with E-state index in [0.717, 1.165) is 0 Å². The van der Waals surface area contributed by atoms with Crippen LogP contribution in [0.3, 0.4) is 0 Å². The van der Waals surface area contributed by atoms with Gasteiger partial charge in [0.2, 0.25) is 11.8 Å². The molecule has 0 spiro atoms. The lowest BCUT2D eigenvalue weighted by molar-refractivity contribution is -0.151. The quantitative estimate of drug-likeness (QED) is 0.240. The Hall–Kier alpha value is -2.50. The van der Waals surface area contributed by atoms with Gasteiger partial charge in [0.25, 0.3) is 0 Å². The molecule has 0 aromatic heterocycles. The zero-order valence-electron chi connectivity index (χ0n) is 21.7. The molecule has 37 heavy (non-hydrogen) atoms. The number of hydrogen-bond donors (Lipinski definition) is 3. The largest absolute Gasteiger partial charge is 0.481 e. The Labute approximate surface area is 218 Å². The smallest absolute Gasteiger partial charge is 0.334 e. The lowest BCUT2D eigenvalue weighted by Crippen LogP contribution is -2.48. The Morgan fingerprint density at radius 1 is 0.838 bits per heavy atom. The van der Waals surface area contributed by atoms with Crippen LogP contribution in [0.5, 0.6) is 0 Å². The Morgan fingerprint density at radius 3 is 1.84 bits per heavy atom. The number of nitrogens with one attached hydrogen (secondary N) is 1. The minimum absolute atomic E-state index is 0.0771. The highest BCUT2D eigenvalue weighted by Crippen LogP contribution is 2.49. The first-order valence-corrected chi connectivity index (χ1v) is 15.6. The first-order chi connectivity index (χ1) is 17.6. The summed E-state index contributed by atoms with van der Waals surface area (Å²) in [7, 11) is 0.884. The van der Waals surface area contributed by atoms with Crippen LogP contribution in [0.15, 0.2) is 24.3 Å². The number of aliphatic carboxylic acids is 2. The van der Waals surface area contributed by atoms with Gasteiger partial charge in [-0.1, -0.05) is 24.3 Å². The fraction of sp³-hybridized carbons (Fsp3) is 0.692. The van der Waals surface area contributed by atoms with E-state index in [0.29, 0.717) is 31.9 Å². The third-order valence-electron chi connectivity index (χ3n) is 8.99. The predicted molar refractivity (Wildman–Crippen MR) is 135 cm³/mol. The van der Waals surface area contributed by atoms with Crippen LogP contribution in [-0.2, 0) is 28.0 Å². The molecule has 4 bridgehead atoms. The van der Waals surface area contributed by atoms with Crippen molar-refractivity contribution in [3.8, 4) is 0 Å². The molecule has 8 atom stereocenters. The number of carboxylic acid groups (broad SMARTS) is 2. The maximum Gasteiger partial charge on any atom is 0.334 e. The number of carboxylic acids is 2. The number of hydrogen-bond acceptors (Lipinski definition) is 6. The molecule has 0 radical (unpaired) electrons. The highest BCUT2D eigenvalue weighted by Gasteiger charge is 2.53. The topological polar surface area (TPSA) is 142 Å². The van der Waals surface area contributed by atoms with E-state index in [1.165, 1.54) is 0 Å². The third-order valence-corrected chi connectivity index (χ3v) is 12.0. The predicted octanol–water partition coefficient (Wildman–Crippen LogP) is 1.73. The van der Waals surface area contributed by atoms with Crippen molar-refractivity contribution in [2.45, 2.75) is 31.9 Å². The Bertz CT molecular complexity index is 980. The van der Waals surface area contributed by atoms with E-state index in [1.54, 1.807) is 19.1 Å². The molecule has 2 amide bonds. The SMILES string of the molecule is CO[Si](C)(CCCN(CCNC(=O)C1C2C=CC(C2)C1C(=O)O)C(=O)C1C2C=CC(C2)C1C(=O)O)OC. The molecular weight excluding hydrogens is 496 g/mol. The lowest BCUT2D eigenvalue weighted by Gasteiger charge is -2.32. The number of nitrogens with zero attached hydrogens (tertiary/aromatic N) is 1. The van der Waals surface area contributed by atoms with Gasteiger partial charge in [0.05, 0.1) is 23.7 Å².